The van der Waals surface area contributed by atoms with E-state index in [0.717, 1.165) is 13.0 Å². The minimum absolute atomic E-state index is 0.642. The second-order valence-corrected chi connectivity index (χ2v) is 6.21. The smallest absolute Gasteiger partial charge is 0.0797 e. The summed E-state index contributed by atoms with van der Waals surface area (Å²) in [6.45, 7) is 3.17. The molecule has 0 spiro atoms. The second kappa shape index (κ2) is 5.85. The highest BCUT2D eigenvalue weighted by atomic mass is 32.1. The van der Waals surface area contributed by atoms with E-state index < -0.39 is 0 Å². The Labute approximate surface area is 118 Å². The van der Waals surface area contributed by atoms with Crippen LogP contribution < -0.4 is 5.32 Å². The van der Waals surface area contributed by atoms with Crippen LogP contribution in [0, 0.1) is 6.92 Å². The average Bonchev–Trinajstić information content (AvgIpc) is 2.84. The van der Waals surface area contributed by atoms with Crippen LogP contribution in [0.1, 0.15) is 28.1 Å². The predicted octanol–water partition coefficient (Wildman–Crippen LogP) is 3.14. The normalized spacial score (nSPS) is 18.3. The van der Waals surface area contributed by atoms with Crippen molar-refractivity contribution < 1.29 is 0 Å². The van der Waals surface area contributed by atoms with E-state index in [9.17, 15) is 0 Å². The maximum absolute atomic E-state index is 4.30. The van der Waals surface area contributed by atoms with Gasteiger partial charge in [0.25, 0.3) is 0 Å². The SMILES string of the molecule is Cc1ncsc1CCNC1CCc2ccccc2C1. The second-order valence-electron chi connectivity index (χ2n) is 5.27. The van der Waals surface area contributed by atoms with Crippen LogP contribution in [0.2, 0.25) is 0 Å². The van der Waals surface area contributed by atoms with Crippen molar-refractivity contribution in [1.29, 1.82) is 0 Å². The van der Waals surface area contributed by atoms with E-state index >= 15 is 0 Å². The Bertz CT molecular complexity index is 547. The fourth-order valence-electron chi connectivity index (χ4n) is 2.83. The molecule has 1 unspecified atom stereocenters. The number of thiazole rings is 1. The Balaban J connectivity index is 1.51. The number of nitrogens with one attached hydrogen (secondary N) is 1. The van der Waals surface area contributed by atoms with Crippen molar-refractivity contribution in [2.75, 3.05) is 6.54 Å². The highest BCUT2D eigenvalue weighted by Crippen LogP contribution is 2.21. The lowest BCUT2D eigenvalue weighted by atomic mass is 9.88. The predicted molar refractivity (Wildman–Crippen MR) is 80.8 cm³/mol. The number of benzene rings is 1. The molecule has 2 aromatic rings. The van der Waals surface area contributed by atoms with Gasteiger partial charge in [0.05, 0.1) is 11.2 Å². The number of hydrogen-bond acceptors (Lipinski definition) is 3. The first kappa shape index (κ1) is 12.8. The summed E-state index contributed by atoms with van der Waals surface area (Å²) in [5, 5.41) is 3.71. The summed E-state index contributed by atoms with van der Waals surface area (Å²) in [4.78, 5) is 5.72. The Hall–Kier alpha value is -1.19. The lowest BCUT2D eigenvalue weighted by Crippen LogP contribution is -2.35. The van der Waals surface area contributed by atoms with Gasteiger partial charge in [-0.2, -0.15) is 0 Å². The lowest BCUT2D eigenvalue weighted by Gasteiger charge is -2.25. The summed E-state index contributed by atoms with van der Waals surface area (Å²) < 4.78 is 0. The zero-order valence-corrected chi connectivity index (χ0v) is 12.2. The molecule has 0 fully saturated rings. The van der Waals surface area contributed by atoms with Crippen LogP contribution in [0.5, 0.6) is 0 Å². The highest BCUT2D eigenvalue weighted by molar-refractivity contribution is 7.09. The van der Waals surface area contributed by atoms with Gasteiger partial charge in [0, 0.05) is 17.5 Å². The van der Waals surface area contributed by atoms with E-state index in [0.29, 0.717) is 6.04 Å². The van der Waals surface area contributed by atoms with Gasteiger partial charge in [-0.05, 0) is 43.7 Å². The summed E-state index contributed by atoms with van der Waals surface area (Å²) in [5.74, 6) is 0. The van der Waals surface area contributed by atoms with Crippen LogP contribution in [0.3, 0.4) is 0 Å². The maximum Gasteiger partial charge on any atom is 0.0797 e. The van der Waals surface area contributed by atoms with Crippen LogP contribution >= 0.6 is 11.3 Å². The third-order valence-corrected chi connectivity index (χ3v) is 4.97. The fraction of sp³-hybridized carbons (Fsp3) is 0.438. The summed E-state index contributed by atoms with van der Waals surface area (Å²) in [7, 11) is 0. The van der Waals surface area contributed by atoms with Crippen LogP contribution in [-0.2, 0) is 19.3 Å². The molecule has 1 aliphatic carbocycles. The van der Waals surface area contributed by atoms with Gasteiger partial charge in [0.15, 0.2) is 0 Å². The Kier molecular flexibility index (Phi) is 3.95. The minimum atomic E-state index is 0.642. The molecule has 1 aliphatic rings. The third-order valence-electron chi connectivity index (χ3n) is 3.98. The monoisotopic (exact) mass is 272 g/mol. The van der Waals surface area contributed by atoms with E-state index in [-0.39, 0.29) is 0 Å². The van der Waals surface area contributed by atoms with Gasteiger partial charge in [-0.25, -0.2) is 4.98 Å². The molecule has 0 aliphatic heterocycles. The largest absolute Gasteiger partial charge is 0.313 e. The molecule has 100 valence electrons. The number of hydrogen-bond donors (Lipinski definition) is 1. The van der Waals surface area contributed by atoms with E-state index in [4.69, 9.17) is 0 Å². The van der Waals surface area contributed by atoms with Gasteiger partial charge in [0.2, 0.25) is 0 Å². The molecule has 1 atom stereocenters. The number of nitrogens with zero attached hydrogens (tertiary/aromatic N) is 1. The van der Waals surface area contributed by atoms with Crippen LogP contribution in [0.4, 0.5) is 0 Å². The summed E-state index contributed by atoms with van der Waals surface area (Å²) in [6.07, 6.45) is 4.76. The van der Waals surface area contributed by atoms with Crippen molar-refractivity contribution >= 4 is 11.3 Å². The maximum atomic E-state index is 4.30. The number of aromatic nitrogens is 1. The van der Waals surface area contributed by atoms with Gasteiger partial charge in [-0.1, -0.05) is 24.3 Å². The molecule has 3 rings (SSSR count). The Morgan fingerprint density at radius 1 is 1.32 bits per heavy atom. The van der Waals surface area contributed by atoms with Gasteiger partial charge >= 0.3 is 0 Å². The molecule has 0 bridgehead atoms. The van der Waals surface area contributed by atoms with E-state index in [1.54, 1.807) is 16.9 Å². The molecule has 1 aromatic heterocycles. The van der Waals surface area contributed by atoms with Crippen molar-refractivity contribution in [3.05, 3.63) is 51.5 Å². The van der Waals surface area contributed by atoms with Gasteiger partial charge in [-0.15, -0.1) is 11.3 Å². The average molecular weight is 272 g/mol. The van der Waals surface area contributed by atoms with Gasteiger partial charge in [-0.3, -0.25) is 0 Å². The standard InChI is InChI=1S/C16H20N2S/c1-12-16(19-11-18-12)8-9-17-15-7-6-13-4-2-3-5-14(13)10-15/h2-5,11,15,17H,6-10H2,1H3. The molecule has 0 saturated heterocycles. The first-order valence-corrected chi connectivity index (χ1v) is 7.90. The first-order chi connectivity index (χ1) is 9.33. The summed E-state index contributed by atoms with van der Waals surface area (Å²) in [5.41, 5.74) is 6.21. The van der Waals surface area contributed by atoms with E-state index in [1.165, 1.54) is 35.4 Å². The number of rotatable bonds is 4. The fourth-order valence-corrected chi connectivity index (χ4v) is 3.61. The zero-order chi connectivity index (χ0) is 13.1. The molecule has 19 heavy (non-hydrogen) atoms. The highest BCUT2D eigenvalue weighted by Gasteiger charge is 2.17. The molecular weight excluding hydrogens is 252 g/mol. The molecule has 1 N–H and O–H groups in total. The van der Waals surface area contributed by atoms with Crippen molar-refractivity contribution in [2.45, 2.75) is 38.6 Å². The van der Waals surface area contributed by atoms with Crippen LogP contribution in [-0.4, -0.2) is 17.6 Å². The van der Waals surface area contributed by atoms with Crippen molar-refractivity contribution in [3.8, 4) is 0 Å². The topological polar surface area (TPSA) is 24.9 Å². The molecule has 1 aromatic carbocycles. The molecule has 0 radical (unpaired) electrons. The van der Waals surface area contributed by atoms with E-state index in [2.05, 4.69) is 41.5 Å². The Morgan fingerprint density at radius 3 is 2.95 bits per heavy atom. The van der Waals surface area contributed by atoms with Gasteiger partial charge in [0.1, 0.15) is 0 Å². The molecule has 0 saturated carbocycles. The third kappa shape index (κ3) is 3.04. The van der Waals surface area contributed by atoms with Crippen molar-refractivity contribution in [2.24, 2.45) is 0 Å². The van der Waals surface area contributed by atoms with Crippen molar-refractivity contribution in [1.82, 2.24) is 10.3 Å². The summed E-state index contributed by atoms with van der Waals surface area (Å²) >= 11 is 1.77. The van der Waals surface area contributed by atoms with Crippen molar-refractivity contribution in [3.63, 3.8) is 0 Å². The van der Waals surface area contributed by atoms with E-state index in [1.807, 2.05) is 5.51 Å². The first-order valence-electron chi connectivity index (χ1n) is 7.02. The van der Waals surface area contributed by atoms with Gasteiger partial charge < -0.3 is 5.32 Å². The molecule has 2 nitrogen and oxygen atoms in total. The molecule has 0 amide bonds. The molecular formula is C16H20N2S. The number of fused-ring (bicyclic) bond motifs is 1. The van der Waals surface area contributed by atoms with Crippen LogP contribution in [0.15, 0.2) is 29.8 Å². The number of aryl methyl sites for hydroxylation is 2. The quantitative estimate of drug-likeness (QED) is 0.925. The summed E-state index contributed by atoms with van der Waals surface area (Å²) in [6, 6.07) is 9.49. The zero-order valence-electron chi connectivity index (χ0n) is 11.4. The Morgan fingerprint density at radius 2 is 2.16 bits per heavy atom. The minimum Gasteiger partial charge on any atom is -0.313 e. The lowest BCUT2D eigenvalue weighted by molar-refractivity contribution is 0.462. The molecule has 1 heterocycles. The molecule has 3 heteroatoms. The van der Waals surface area contributed by atoms with Crippen LogP contribution in [0.25, 0.3) is 0 Å².